The summed E-state index contributed by atoms with van der Waals surface area (Å²) >= 11 is 0. The van der Waals surface area contributed by atoms with E-state index in [-0.39, 0.29) is 24.7 Å². The maximum Gasteiger partial charge on any atom is 0.410 e. The summed E-state index contributed by atoms with van der Waals surface area (Å²) in [6.07, 6.45) is 2.98. The standard InChI is InChI=1S/C20H24N4O4/c25-19(26)15-6-7-17-18(12-15)24(22-21-17)16-8-10-23(11-9-16)20(27)28-13-14-4-2-1-3-5-14/h1-5,15-16H,6-13H2,(H,25,26)/t15-/m0/s1. The van der Waals surface area contributed by atoms with Gasteiger partial charge in [0.15, 0.2) is 0 Å². The summed E-state index contributed by atoms with van der Waals surface area (Å²) in [4.78, 5) is 25.4. The molecule has 0 saturated carbocycles. The normalized spacial score (nSPS) is 19.9. The van der Waals surface area contributed by atoms with Crippen molar-refractivity contribution in [2.45, 2.75) is 44.8 Å². The fourth-order valence-corrected chi connectivity index (χ4v) is 4.01. The van der Waals surface area contributed by atoms with Gasteiger partial charge in [-0.05, 0) is 31.2 Å². The number of hydrogen-bond donors (Lipinski definition) is 1. The van der Waals surface area contributed by atoms with Gasteiger partial charge in [-0.1, -0.05) is 35.5 Å². The molecule has 8 nitrogen and oxygen atoms in total. The predicted molar refractivity (Wildman–Crippen MR) is 99.6 cm³/mol. The molecule has 28 heavy (non-hydrogen) atoms. The molecule has 2 heterocycles. The molecule has 0 spiro atoms. The van der Waals surface area contributed by atoms with Crippen molar-refractivity contribution in [1.82, 2.24) is 19.9 Å². The molecule has 1 fully saturated rings. The fraction of sp³-hybridized carbons (Fsp3) is 0.500. The summed E-state index contributed by atoms with van der Waals surface area (Å²) in [6, 6.07) is 9.76. The van der Waals surface area contributed by atoms with Gasteiger partial charge in [-0.2, -0.15) is 0 Å². The molecule has 0 radical (unpaired) electrons. The van der Waals surface area contributed by atoms with E-state index in [4.69, 9.17) is 4.74 Å². The van der Waals surface area contributed by atoms with Crippen LogP contribution in [0.5, 0.6) is 0 Å². The lowest BCUT2D eigenvalue weighted by molar-refractivity contribution is -0.142. The number of aliphatic carboxylic acids is 1. The second-order valence-electron chi connectivity index (χ2n) is 7.46. The van der Waals surface area contributed by atoms with Crippen LogP contribution < -0.4 is 0 Å². The zero-order valence-electron chi connectivity index (χ0n) is 15.7. The van der Waals surface area contributed by atoms with Gasteiger partial charge in [0.05, 0.1) is 23.3 Å². The van der Waals surface area contributed by atoms with Crippen LogP contribution in [-0.4, -0.2) is 50.2 Å². The zero-order chi connectivity index (χ0) is 19.5. The Morgan fingerprint density at radius 2 is 1.89 bits per heavy atom. The molecule has 1 amide bonds. The van der Waals surface area contributed by atoms with Crippen molar-refractivity contribution in [2.24, 2.45) is 5.92 Å². The highest BCUT2D eigenvalue weighted by Gasteiger charge is 2.32. The van der Waals surface area contributed by atoms with Crippen LogP contribution in [0.2, 0.25) is 0 Å². The molecule has 0 bridgehead atoms. The SMILES string of the molecule is O=C(O)[C@H]1CCc2nnn(C3CCN(C(=O)OCc4ccccc4)CC3)c2C1. The van der Waals surface area contributed by atoms with E-state index < -0.39 is 5.97 Å². The first kappa shape index (κ1) is 18.5. The lowest BCUT2D eigenvalue weighted by Gasteiger charge is -2.32. The van der Waals surface area contributed by atoms with Crippen LogP contribution in [0.15, 0.2) is 30.3 Å². The number of piperidine rings is 1. The quantitative estimate of drug-likeness (QED) is 0.870. The Labute approximate surface area is 163 Å². The highest BCUT2D eigenvalue weighted by molar-refractivity contribution is 5.70. The Kier molecular flexibility index (Phi) is 5.27. The highest BCUT2D eigenvalue weighted by Crippen LogP contribution is 2.30. The van der Waals surface area contributed by atoms with Crippen molar-refractivity contribution in [2.75, 3.05) is 13.1 Å². The molecular weight excluding hydrogens is 360 g/mol. The van der Waals surface area contributed by atoms with Crippen LogP contribution in [0.4, 0.5) is 4.79 Å². The van der Waals surface area contributed by atoms with Crippen molar-refractivity contribution >= 4 is 12.1 Å². The third-order valence-electron chi connectivity index (χ3n) is 5.66. The Hall–Kier alpha value is -2.90. The molecule has 1 atom stereocenters. The number of carboxylic acid groups (broad SMARTS) is 1. The number of rotatable bonds is 4. The van der Waals surface area contributed by atoms with E-state index in [0.29, 0.717) is 32.4 Å². The van der Waals surface area contributed by atoms with Crippen molar-refractivity contribution in [3.05, 3.63) is 47.3 Å². The van der Waals surface area contributed by atoms with E-state index in [1.54, 1.807) is 4.90 Å². The van der Waals surface area contributed by atoms with Crippen LogP contribution in [0.1, 0.15) is 42.3 Å². The Balaban J connectivity index is 1.33. The van der Waals surface area contributed by atoms with E-state index >= 15 is 0 Å². The third-order valence-corrected chi connectivity index (χ3v) is 5.66. The monoisotopic (exact) mass is 384 g/mol. The lowest BCUT2D eigenvalue weighted by atomic mass is 9.89. The number of likely N-dealkylation sites (tertiary alicyclic amines) is 1. The number of hydrogen-bond acceptors (Lipinski definition) is 5. The van der Waals surface area contributed by atoms with Gasteiger partial charge in [0, 0.05) is 19.5 Å². The molecule has 4 rings (SSSR count). The van der Waals surface area contributed by atoms with Gasteiger partial charge in [-0.15, -0.1) is 5.10 Å². The number of benzene rings is 1. The molecule has 2 aromatic rings. The number of aromatic nitrogens is 3. The molecule has 2 aliphatic rings. The molecular formula is C20H24N4O4. The van der Waals surface area contributed by atoms with E-state index in [2.05, 4.69) is 10.3 Å². The molecule has 1 N–H and O–H groups in total. The first-order valence-electron chi connectivity index (χ1n) is 9.73. The fourth-order valence-electron chi connectivity index (χ4n) is 4.01. The van der Waals surface area contributed by atoms with Gasteiger partial charge in [-0.25, -0.2) is 9.48 Å². The van der Waals surface area contributed by atoms with Crippen LogP contribution in [0, 0.1) is 5.92 Å². The van der Waals surface area contributed by atoms with Gasteiger partial charge in [-0.3, -0.25) is 4.79 Å². The Bertz CT molecular complexity index is 843. The number of ether oxygens (including phenoxy) is 1. The minimum absolute atomic E-state index is 0.141. The van der Waals surface area contributed by atoms with Crippen molar-refractivity contribution in [1.29, 1.82) is 0 Å². The van der Waals surface area contributed by atoms with E-state index in [1.165, 1.54) is 0 Å². The first-order valence-corrected chi connectivity index (χ1v) is 9.73. The minimum atomic E-state index is -0.755. The summed E-state index contributed by atoms with van der Waals surface area (Å²) in [6.45, 7) is 1.46. The highest BCUT2D eigenvalue weighted by atomic mass is 16.6. The summed E-state index contributed by atoms with van der Waals surface area (Å²) in [5.41, 5.74) is 2.83. The molecule has 148 valence electrons. The minimum Gasteiger partial charge on any atom is -0.481 e. The van der Waals surface area contributed by atoms with Crippen molar-refractivity contribution in [3.8, 4) is 0 Å². The van der Waals surface area contributed by atoms with Gasteiger partial charge in [0.1, 0.15) is 6.61 Å². The molecule has 1 aliphatic carbocycles. The third kappa shape index (κ3) is 3.85. The largest absolute Gasteiger partial charge is 0.481 e. The topological polar surface area (TPSA) is 97.5 Å². The first-order chi connectivity index (χ1) is 13.6. The number of carboxylic acids is 1. The van der Waals surface area contributed by atoms with Gasteiger partial charge >= 0.3 is 12.1 Å². The van der Waals surface area contributed by atoms with Crippen LogP contribution in [0.3, 0.4) is 0 Å². The van der Waals surface area contributed by atoms with Crippen LogP contribution >= 0.6 is 0 Å². The van der Waals surface area contributed by atoms with Gasteiger partial charge < -0.3 is 14.7 Å². The van der Waals surface area contributed by atoms with Crippen LogP contribution in [0.25, 0.3) is 0 Å². The summed E-state index contributed by atoms with van der Waals surface area (Å²) < 4.78 is 7.31. The number of fused-ring (bicyclic) bond motifs is 1. The molecule has 0 unspecified atom stereocenters. The average molecular weight is 384 g/mol. The molecule has 1 aromatic carbocycles. The number of amides is 1. The number of nitrogens with zero attached hydrogens (tertiary/aromatic N) is 4. The van der Waals surface area contributed by atoms with Crippen molar-refractivity contribution < 1.29 is 19.4 Å². The molecule has 1 aromatic heterocycles. The summed E-state index contributed by atoms with van der Waals surface area (Å²) in [5.74, 6) is -1.12. The second-order valence-corrected chi connectivity index (χ2v) is 7.46. The zero-order valence-corrected chi connectivity index (χ0v) is 15.7. The second kappa shape index (κ2) is 8.00. The number of carbonyl (C=O) groups is 2. The van der Waals surface area contributed by atoms with Crippen molar-refractivity contribution in [3.63, 3.8) is 0 Å². The molecule has 8 heteroatoms. The maximum atomic E-state index is 12.3. The van der Waals surface area contributed by atoms with E-state index in [0.717, 1.165) is 29.8 Å². The summed E-state index contributed by atoms with van der Waals surface area (Å²) in [5, 5.41) is 17.9. The van der Waals surface area contributed by atoms with E-state index in [9.17, 15) is 14.7 Å². The predicted octanol–water partition coefficient (Wildman–Crippen LogP) is 2.44. The molecule has 1 aliphatic heterocycles. The lowest BCUT2D eigenvalue weighted by Crippen LogP contribution is -2.40. The number of carbonyl (C=O) groups excluding carboxylic acids is 1. The van der Waals surface area contributed by atoms with Gasteiger partial charge in [0.2, 0.25) is 0 Å². The smallest absolute Gasteiger partial charge is 0.410 e. The average Bonchev–Trinajstić information content (AvgIpc) is 3.16. The maximum absolute atomic E-state index is 12.3. The van der Waals surface area contributed by atoms with E-state index in [1.807, 2.05) is 35.0 Å². The van der Waals surface area contributed by atoms with Gasteiger partial charge in [0.25, 0.3) is 0 Å². The van der Waals surface area contributed by atoms with Crippen LogP contribution in [-0.2, 0) is 29.0 Å². The Morgan fingerprint density at radius 3 is 2.61 bits per heavy atom. The Morgan fingerprint density at radius 1 is 1.14 bits per heavy atom. The molecule has 1 saturated heterocycles. The number of aryl methyl sites for hydroxylation is 1. The summed E-state index contributed by atoms with van der Waals surface area (Å²) in [7, 11) is 0.